The Morgan fingerprint density at radius 1 is 1.18 bits per heavy atom. The molecule has 1 saturated carbocycles. The highest BCUT2D eigenvalue weighted by atomic mass is 15.0. The van der Waals surface area contributed by atoms with Gasteiger partial charge >= 0.3 is 0 Å². The first-order chi connectivity index (χ1) is 5.23. The highest BCUT2D eigenvalue weighted by Gasteiger charge is 2.44. The fourth-order valence-corrected chi connectivity index (χ4v) is 2.54. The Bertz CT molecular complexity index is 145. The van der Waals surface area contributed by atoms with E-state index < -0.39 is 0 Å². The summed E-state index contributed by atoms with van der Waals surface area (Å²) in [7, 11) is 0. The molecule has 2 aliphatic rings. The van der Waals surface area contributed by atoms with E-state index in [2.05, 4.69) is 19.2 Å². The Kier molecular flexibility index (Phi) is 1.71. The lowest BCUT2D eigenvalue weighted by atomic mass is 9.63. The van der Waals surface area contributed by atoms with E-state index in [1.165, 1.54) is 32.2 Å². The van der Waals surface area contributed by atoms with E-state index in [1.54, 1.807) is 0 Å². The fourth-order valence-electron chi connectivity index (χ4n) is 2.54. The molecule has 1 N–H and O–H groups in total. The SMILES string of the molecule is CC1CCC2(CC1)CNC2C. The summed E-state index contributed by atoms with van der Waals surface area (Å²) in [6, 6.07) is 0.801. The van der Waals surface area contributed by atoms with Crippen molar-refractivity contribution in [2.24, 2.45) is 11.3 Å². The highest BCUT2D eigenvalue weighted by Crippen LogP contribution is 2.45. The van der Waals surface area contributed by atoms with Crippen molar-refractivity contribution in [3.8, 4) is 0 Å². The van der Waals surface area contributed by atoms with Gasteiger partial charge in [0.1, 0.15) is 0 Å². The van der Waals surface area contributed by atoms with Crippen LogP contribution in [0.3, 0.4) is 0 Å². The van der Waals surface area contributed by atoms with Gasteiger partial charge in [-0.2, -0.15) is 0 Å². The number of rotatable bonds is 0. The van der Waals surface area contributed by atoms with Crippen LogP contribution in [0.25, 0.3) is 0 Å². The van der Waals surface area contributed by atoms with Crippen LogP contribution in [0.4, 0.5) is 0 Å². The van der Waals surface area contributed by atoms with Gasteiger partial charge in [-0.05, 0) is 31.1 Å². The minimum Gasteiger partial charge on any atom is -0.313 e. The zero-order chi connectivity index (χ0) is 7.90. The van der Waals surface area contributed by atoms with E-state index >= 15 is 0 Å². The molecule has 1 unspecified atom stereocenters. The molecule has 1 saturated heterocycles. The summed E-state index contributed by atoms with van der Waals surface area (Å²) in [5.41, 5.74) is 0.729. The third-order valence-corrected chi connectivity index (χ3v) is 3.95. The molecule has 0 amide bonds. The average molecular weight is 153 g/mol. The van der Waals surface area contributed by atoms with Crippen LogP contribution in [-0.4, -0.2) is 12.6 Å². The molecule has 2 fully saturated rings. The van der Waals surface area contributed by atoms with E-state index in [-0.39, 0.29) is 0 Å². The summed E-state index contributed by atoms with van der Waals surface area (Å²) in [4.78, 5) is 0. The topological polar surface area (TPSA) is 12.0 Å². The van der Waals surface area contributed by atoms with E-state index in [1.807, 2.05) is 0 Å². The molecule has 64 valence electrons. The standard InChI is InChI=1S/C10H19N/c1-8-3-5-10(6-4-8)7-11-9(10)2/h8-9,11H,3-7H2,1-2H3. The van der Waals surface area contributed by atoms with Gasteiger partial charge in [-0.25, -0.2) is 0 Å². The van der Waals surface area contributed by atoms with Crippen LogP contribution < -0.4 is 5.32 Å². The summed E-state index contributed by atoms with van der Waals surface area (Å²) in [5.74, 6) is 0.994. The second-order valence-electron chi connectivity index (χ2n) is 4.65. The molecule has 1 spiro atoms. The first-order valence-electron chi connectivity index (χ1n) is 4.96. The number of nitrogens with one attached hydrogen (secondary N) is 1. The molecule has 0 radical (unpaired) electrons. The summed E-state index contributed by atoms with van der Waals surface area (Å²) in [6.07, 6.45) is 5.88. The first kappa shape index (κ1) is 7.60. The molecule has 0 aromatic rings. The minimum atomic E-state index is 0.729. The first-order valence-corrected chi connectivity index (χ1v) is 4.96. The predicted octanol–water partition coefficient (Wildman–Crippen LogP) is 2.17. The van der Waals surface area contributed by atoms with Crippen LogP contribution in [-0.2, 0) is 0 Å². The Hall–Kier alpha value is -0.0400. The molecular formula is C10H19N. The lowest BCUT2D eigenvalue weighted by Gasteiger charge is -2.52. The van der Waals surface area contributed by atoms with Gasteiger partial charge in [-0.3, -0.25) is 0 Å². The van der Waals surface area contributed by atoms with E-state index in [0.717, 1.165) is 17.4 Å². The quantitative estimate of drug-likeness (QED) is 0.562. The van der Waals surface area contributed by atoms with Crippen molar-refractivity contribution in [2.75, 3.05) is 6.54 Å². The monoisotopic (exact) mass is 153 g/mol. The lowest BCUT2D eigenvalue weighted by Crippen LogP contribution is -2.61. The second-order valence-corrected chi connectivity index (χ2v) is 4.65. The van der Waals surface area contributed by atoms with E-state index in [4.69, 9.17) is 0 Å². The van der Waals surface area contributed by atoms with Gasteiger partial charge in [0.05, 0.1) is 0 Å². The molecule has 0 bridgehead atoms. The summed E-state index contributed by atoms with van der Waals surface area (Å²) < 4.78 is 0. The molecule has 1 atom stereocenters. The Morgan fingerprint density at radius 3 is 2.18 bits per heavy atom. The minimum absolute atomic E-state index is 0.729. The summed E-state index contributed by atoms with van der Waals surface area (Å²) >= 11 is 0. The molecule has 1 heterocycles. The maximum atomic E-state index is 3.48. The van der Waals surface area contributed by atoms with Crippen LogP contribution >= 0.6 is 0 Å². The van der Waals surface area contributed by atoms with Crippen LogP contribution in [0.5, 0.6) is 0 Å². The van der Waals surface area contributed by atoms with Gasteiger partial charge in [-0.1, -0.05) is 19.8 Å². The van der Waals surface area contributed by atoms with Crippen molar-refractivity contribution in [1.29, 1.82) is 0 Å². The van der Waals surface area contributed by atoms with Crippen molar-refractivity contribution in [1.82, 2.24) is 5.32 Å². The van der Waals surface area contributed by atoms with Crippen LogP contribution in [0.15, 0.2) is 0 Å². The summed E-state index contributed by atoms with van der Waals surface area (Å²) in [6.45, 7) is 6.03. The van der Waals surface area contributed by atoms with Gasteiger partial charge in [0.15, 0.2) is 0 Å². The maximum Gasteiger partial charge on any atom is 0.0108 e. The fraction of sp³-hybridized carbons (Fsp3) is 1.00. The molecule has 0 aromatic heterocycles. The zero-order valence-electron chi connectivity index (χ0n) is 7.69. The Balaban J connectivity index is 1.96. The molecule has 1 aliphatic heterocycles. The van der Waals surface area contributed by atoms with Crippen molar-refractivity contribution >= 4 is 0 Å². The summed E-state index contributed by atoms with van der Waals surface area (Å²) in [5, 5.41) is 3.48. The van der Waals surface area contributed by atoms with Gasteiger partial charge in [0.2, 0.25) is 0 Å². The van der Waals surface area contributed by atoms with Crippen molar-refractivity contribution in [2.45, 2.75) is 45.6 Å². The van der Waals surface area contributed by atoms with Gasteiger partial charge in [0.25, 0.3) is 0 Å². The predicted molar refractivity (Wildman–Crippen MR) is 47.5 cm³/mol. The average Bonchev–Trinajstić information content (AvgIpc) is 2.03. The molecule has 0 aromatic carbocycles. The van der Waals surface area contributed by atoms with Gasteiger partial charge in [0, 0.05) is 12.6 Å². The smallest absolute Gasteiger partial charge is 0.0108 e. The van der Waals surface area contributed by atoms with Crippen molar-refractivity contribution < 1.29 is 0 Å². The van der Waals surface area contributed by atoms with Crippen LogP contribution in [0, 0.1) is 11.3 Å². The van der Waals surface area contributed by atoms with E-state index in [9.17, 15) is 0 Å². The Labute approximate surface area is 69.6 Å². The Morgan fingerprint density at radius 2 is 1.82 bits per heavy atom. The molecular weight excluding hydrogens is 134 g/mol. The third-order valence-electron chi connectivity index (χ3n) is 3.95. The zero-order valence-corrected chi connectivity index (χ0v) is 7.69. The molecule has 1 heteroatoms. The largest absolute Gasteiger partial charge is 0.313 e. The highest BCUT2D eigenvalue weighted by molar-refractivity contribution is 5.01. The lowest BCUT2D eigenvalue weighted by molar-refractivity contribution is 0.0329. The van der Waals surface area contributed by atoms with Gasteiger partial charge in [-0.15, -0.1) is 0 Å². The van der Waals surface area contributed by atoms with Crippen LogP contribution in [0.2, 0.25) is 0 Å². The normalized spacial score (nSPS) is 50.7. The molecule has 1 aliphatic carbocycles. The molecule has 1 nitrogen and oxygen atoms in total. The number of hydrogen-bond acceptors (Lipinski definition) is 1. The van der Waals surface area contributed by atoms with Crippen molar-refractivity contribution in [3.05, 3.63) is 0 Å². The maximum absolute atomic E-state index is 3.48. The van der Waals surface area contributed by atoms with Crippen molar-refractivity contribution in [3.63, 3.8) is 0 Å². The van der Waals surface area contributed by atoms with Crippen LogP contribution in [0.1, 0.15) is 39.5 Å². The molecule has 2 rings (SSSR count). The number of hydrogen-bond donors (Lipinski definition) is 1. The molecule has 11 heavy (non-hydrogen) atoms. The van der Waals surface area contributed by atoms with Gasteiger partial charge < -0.3 is 5.32 Å². The van der Waals surface area contributed by atoms with E-state index in [0.29, 0.717) is 0 Å². The third kappa shape index (κ3) is 1.10. The second kappa shape index (κ2) is 2.48.